The summed E-state index contributed by atoms with van der Waals surface area (Å²) in [6.45, 7) is -0.432. The van der Waals surface area contributed by atoms with Gasteiger partial charge in [-0.25, -0.2) is 14.2 Å². The zero-order chi connectivity index (χ0) is 29.5. The van der Waals surface area contributed by atoms with E-state index in [1.165, 1.54) is 11.0 Å². The number of aliphatic carboxylic acids is 1. The first-order valence-electron chi connectivity index (χ1n) is 14.1. The number of nitrogens with one attached hydrogen (secondary N) is 2. The highest BCUT2D eigenvalue weighted by molar-refractivity contribution is 7.80. The number of carboxylic acids is 1. The number of allylic oxidation sites excluding steroid dienone is 6. The smallest absolute Gasteiger partial charge is 0.326 e. The van der Waals surface area contributed by atoms with Gasteiger partial charge in [0.2, 0.25) is 18.0 Å². The Hall–Kier alpha value is -3.25. The van der Waals surface area contributed by atoms with E-state index >= 15 is 0 Å². The number of thiol groups is 1. The minimum Gasteiger partial charge on any atom is -0.480 e. The lowest BCUT2D eigenvalue weighted by atomic mass is 9.86. The van der Waals surface area contributed by atoms with Crippen LogP contribution < -0.4 is 16.4 Å². The number of amides is 3. The molecule has 0 bridgehead atoms. The van der Waals surface area contributed by atoms with Crippen molar-refractivity contribution >= 4 is 42.0 Å². The first-order chi connectivity index (χ1) is 19.7. The molecular formula is C29H38FN5O5S. The van der Waals surface area contributed by atoms with Gasteiger partial charge in [0.15, 0.2) is 0 Å². The lowest BCUT2D eigenvalue weighted by Gasteiger charge is -2.33. The summed E-state index contributed by atoms with van der Waals surface area (Å²) in [5, 5.41) is 15.0. The second-order valence-corrected chi connectivity index (χ2v) is 11.2. The minimum atomic E-state index is -1.32. The first-order valence-corrected chi connectivity index (χ1v) is 14.8. The van der Waals surface area contributed by atoms with Gasteiger partial charge in [-0.1, -0.05) is 36.5 Å². The van der Waals surface area contributed by atoms with Crippen LogP contribution in [0.4, 0.5) is 4.39 Å². The maximum atomic E-state index is 13.9. The normalized spacial score (nSPS) is 27.4. The Bertz CT molecular complexity index is 1200. The van der Waals surface area contributed by atoms with E-state index in [0.29, 0.717) is 25.0 Å². The number of carbonyl (C=O) groups is 4. The lowest BCUT2D eigenvalue weighted by Crippen LogP contribution is -2.56. The molecular weight excluding hydrogens is 549 g/mol. The molecule has 0 aromatic heterocycles. The minimum absolute atomic E-state index is 0.0665. The molecule has 12 heteroatoms. The number of aliphatic imine (C=N–C) groups is 1. The molecule has 41 heavy (non-hydrogen) atoms. The Morgan fingerprint density at radius 3 is 2.71 bits per heavy atom. The van der Waals surface area contributed by atoms with Crippen molar-refractivity contribution in [3.8, 4) is 0 Å². The molecule has 4 unspecified atom stereocenters. The van der Waals surface area contributed by atoms with Crippen LogP contribution in [0.15, 0.2) is 52.6 Å². The van der Waals surface area contributed by atoms with Crippen molar-refractivity contribution in [2.45, 2.75) is 81.8 Å². The van der Waals surface area contributed by atoms with E-state index < -0.39 is 60.7 Å². The summed E-state index contributed by atoms with van der Waals surface area (Å²) in [5.41, 5.74) is 8.23. The molecule has 0 aromatic rings. The van der Waals surface area contributed by atoms with E-state index in [1.807, 2.05) is 18.2 Å². The topological polar surface area (TPSA) is 154 Å². The van der Waals surface area contributed by atoms with Gasteiger partial charge >= 0.3 is 5.97 Å². The predicted octanol–water partition coefficient (Wildman–Crippen LogP) is 1.99. The summed E-state index contributed by atoms with van der Waals surface area (Å²) >= 11 is 4.08. The van der Waals surface area contributed by atoms with Crippen LogP contribution in [-0.4, -0.2) is 82.2 Å². The maximum Gasteiger partial charge on any atom is 0.326 e. The van der Waals surface area contributed by atoms with E-state index in [4.69, 9.17) is 10.7 Å². The largest absolute Gasteiger partial charge is 0.480 e. The zero-order valence-corrected chi connectivity index (χ0v) is 23.8. The van der Waals surface area contributed by atoms with E-state index in [9.17, 15) is 28.7 Å². The third-order valence-electron chi connectivity index (χ3n) is 7.85. The summed E-state index contributed by atoms with van der Waals surface area (Å²) in [5.74, 6) is -3.16. The number of nitrogens with two attached hydrogens (primary N) is 1. The molecule has 3 aliphatic carbocycles. The average Bonchev–Trinajstić information content (AvgIpc) is 3.08. The van der Waals surface area contributed by atoms with Gasteiger partial charge in [-0.2, -0.15) is 12.6 Å². The molecule has 4 aliphatic rings. The van der Waals surface area contributed by atoms with Gasteiger partial charge in [-0.15, -0.1) is 0 Å². The van der Waals surface area contributed by atoms with Crippen LogP contribution in [0.5, 0.6) is 0 Å². The third-order valence-corrected chi connectivity index (χ3v) is 8.25. The molecule has 0 saturated carbocycles. The fourth-order valence-corrected chi connectivity index (χ4v) is 5.77. The van der Waals surface area contributed by atoms with Gasteiger partial charge in [0.1, 0.15) is 18.8 Å². The highest BCUT2D eigenvalue weighted by atomic mass is 32.1. The Balaban J connectivity index is 1.59. The number of rotatable bonds is 10. The van der Waals surface area contributed by atoms with Crippen molar-refractivity contribution in [2.24, 2.45) is 16.6 Å². The van der Waals surface area contributed by atoms with Crippen molar-refractivity contribution in [3.63, 3.8) is 0 Å². The fourth-order valence-electron chi connectivity index (χ4n) is 5.61. The average molecular weight is 588 g/mol. The number of hydrogen-bond donors (Lipinski definition) is 5. The molecule has 0 saturated heterocycles. The quantitative estimate of drug-likeness (QED) is 0.195. The van der Waals surface area contributed by atoms with Crippen LogP contribution in [0, 0.1) is 5.92 Å². The molecule has 1 heterocycles. The highest BCUT2D eigenvalue weighted by Gasteiger charge is 2.40. The Kier molecular flexibility index (Phi) is 10.5. The van der Waals surface area contributed by atoms with E-state index in [0.717, 1.165) is 36.8 Å². The SMILES string of the molecule is N[C@@H](CS)C(=O)NC1N=C(C2=CCCCC2)C2=CC=CCC2N(CC(=O)N[C@@H](CC2C=CC(F)CC2)C(=O)O)C1=O. The molecule has 0 spiro atoms. The van der Waals surface area contributed by atoms with E-state index in [1.54, 1.807) is 6.08 Å². The first kappa shape index (κ1) is 30.7. The number of carbonyl (C=O) groups excluding carboxylic acids is 3. The molecule has 0 aromatic carbocycles. The van der Waals surface area contributed by atoms with Crippen molar-refractivity contribution in [3.05, 3.63) is 47.6 Å². The summed E-state index contributed by atoms with van der Waals surface area (Å²) in [4.78, 5) is 58.0. The molecule has 1 aliphatic heterocycles. The summed E-state index contributed by atoms with van der Waals surface area (Å²) in [7, 11) is 0. The van der Waals surface area contributed by atoms with Gasteiger partial charge in [0, 0.05) is 11.3 Å². The number of halogens is 1. The Morgan fingerprint density at radius 1 is 1.24 bits per heavy atom. The predicted molar refractivity (Wildman–Crippen MR) is 156 cm³/mol. The van der Waals surface area contributed by atoms with Crippen molar-refractivity contribution < 1.29 is 28.7 Å². The van der Waals surface area contributed by atoms with Crippen LogP contribution in [0.1, 0.15) is 51.4 Å². The van der Waals surface area contributed by atoms with Gasteiger partial charge in [0.05, 0.1) is 17.8 Å². The van der Waals surface area contributed by atoms with Crippen LogP contribution in [0.25, 0.3) is 0 Å². The van der Waals surface area contributed by atoms with Crippen molar-refractivity contribution in [1.29, 1.82) is 0 Å². The summed E-state index contributed by atoms with van der Waals surface area (Å²) in [6, 6.07) is -2.70. The Labute approximate surface area is 244 Å². The summed E-state index contributed by atoms with van der Waals surface area (Å²) < 4.78 is 13.5. The van der Waals surface area contributed by atoms with Crippen molar-refractivity contribution in [1.82, 2.24) is 15.5 Å². The molecule has 3 amide bonds. The number of hydrogen-bond acceptors (Lipinski definition) is 7. The van der Waals surface area contributed by atoms with Crippen molar-refractivity contribution in [2.75, 3.05) is 12.3 Å². The second-order valence-electron chi connectivity index (χ2n) is 10.9. The lowest BCUT2D eigenvalue weighted by molar-refractivity contribution is -0.144. The number of nitrogens with zero attached hydrogens (tertiary/aromatic N) is 2. The second kappa shape index (κ2) is 14.1. The molecule has 4 rings (SSSR count). The van der Waals surface area contributed by atoms with Crippen LogP contribution >= 0.6 is 12.6 Å². The summed E-state index contributed by atoms with van der Waals surface area (Å²) in [6.07, 6.45) is 13.5. The van der Waals surface area contributed by atoms with Crippen LogP contribution in [-0.2, 0) is 19.2 Å². The molecule has 10 nitrogen and oxygen atoms in total. The molecule has 222 valence electrons. The van der Waals surface area contributed by atoms with Gasteiger partial charge in [-0.05, 0) is 62.9 Å². The number of carboxylic acid groups (broad SMARTS) is 1. The van der Waals surface area contributed by atoms with Gasteiger partial charge in [-0.3, -0.25) is 14.4 Å². The van der Waals surface area contributed by atoms with E-state index in [-0.39, 0.29) is 18.1 Å². The fraction of sp³-hybridized carbons (Fsp3) is 0.552. The van der Waals surface area contributed by atoms with Crippen LogP contribution in [0.3, 0.4) is 0 Å². The maximum absolute atomic E-state index is 13.9. The molecule has 0 fully saturated rings. The van der Waals surface area contributed by atoms with Gasteiger partial charge < -0.3 is 26.4 Å². The van der Waals surface area contributed by atoms with Gasteiger partial charge in [0.25, 0.3) is 5.91 Å². The highest BCUT2D eigenvalue weighted by Crippen LogP contribution is 2.31. The monoisotopic (exact) mass is 587 g/mol. The van der Waals surface area contributed by atoms with E-state index in [2.05, 4.69) is 29.3 Å². The standard InChI is InChI=1S/C29H38FN5O5S/c30-19-12-10-17(11-13-19)14-22(29(39)40)32-24(36)15-35-23-9-5-4-8-20(23)25(18-6-2-1-3-7-18)33-26(28(35)38)34-27(37)21(31)16-41/h4-6,8,10,12,17,19,21-23,26,41H,1-3,7,9,11,13-16,31H2,(H,32,36)(H,34,37)(H,39,40)/t17?,19?,21-,22-,23?,26?/m0/s1. The third kappa shape index (κ3) is 7.73. The number of fused-ring (bicyclic) bond motifs is 1. The Morgan fingerprint density at radius 2 is 2.05 bits per heavy atom. The zero-order valence-electron chi connectivity index (χ0n) is 22.9. The molecule has 5 N–H and O–H groups in total. The van der Waals surface area contributed by atoms with Crippen LogP contribution in [0.2, 0.25) is 0 Å². The molecule has 6 atom stereocenters. The number of alkyl halides is 1. The molecule has 0 radical (unpaired) electrons.